The van der Waals surface area contributed by atoms with Crippen LogP contribution in [-0.2, 0) is 24.2 Å². The van der Waals surface area contributed by atoms with E-state index in [4.69, 9.17) is 0 Å². The van der Waals surface area contributed by atoms with Gasteiger partial charge in [0, 0.05) is 31.6 Å². The van der Waals surface area contributed by atoms with Crippen LogP contribution in [-0.4, -0.2) is 41.4 Å². The summed E-state index contributed by atoms with van der Waals surface area (Å²) in [6.07, 6.45) is 6.99. The summed E-state index contributed by atoms with van der Waals surface area (Å²) < 4.78 is 0. The molecule has 5 rings (SSSR count). The highest BCUT2D eigenvalue weighted by atomic mass is 16.2. The fraction of sp³-hybridized carbons (Fsp3) is 0.500. The summed E-state index contributed by atoms with van der Waals surface area (Å²) in [5.74, 6) is 0.688. The van der Waals surface area contributed by atoms with Crippen LogP contribution in [0.3, 0.4) is 0 Å². The van der Waals surface area contributed by atoms with Gasteiger partial charge in [-0.05, 0) is 85.9 Å². The molecule has 0 bridgehead atoms. The van der Waals surface area contributed by atoms with Gasteiger partial charge in [-0.1, -0.05) is 36.4 Å². The third-order valence-corrected chi connectivity index (χ3v) is 7.12. The lowest BCUT2D eigenvalue weighted by molar-refractivity contribution is -0.133. The molecule has 3 nitrogen and oxygen atoms in total. The molecule has 152 valence electrons. The van der Waals surface area contributed by atoms with Crippen molar-refractivity contribution in [2.75, 3.05) is 19.6 Å². The Hall–Kier alpha value is -2.13. The maximum atomic E-state index is 12.5. The molecule has 2 aliphatic heterocycles. The van der Waals surface area contributed by atoms with Crippen molar-refractivity contribution in [3.8, 4) is 11.1 Å². The molecule has 0 spiro atoms. The molecule has 29 heavy (non-hydrogen) atoms. The Morgan fingerprint density at radius 2 is 1.76 bits per heavy atom. The van der Waals surface area contributed by atoms with Crippen LogP contribution in [0.4, 0.5) is 0 Å². The minimum atomic E-state index is 0.316. The summed E-state index contributed by atoms with van der Waals surface area (Å²) >= 11 is 0. The largest absolute Gasteiger partial charge is 0.338 e. The fourth-order valence-electron chi connectivity index (χ4n) is 4.97. The average Bonchev–Trinajstić information content (AvgIpc) is 3.53. The first-order valence-electron chi connectivity index (χ1n) is 11.4. The Labute approximate surface area is 174 Å². The van der Waals surface area contributed by atoms with Crippen molar-refractivity contribution in [2.24, 2.45) is 5.92 Å². The molecular formula is C26H32N2O. The molecule has 2 heterocycles. The van der Waals surface area contributed by atoms with Crippen LogP contribution < -0.4 is 0 Å². The zero-order valence-corrected chi connectivity index (χ0v) is 17.6. The van der Waals surface area contributed by atoms with Gasteiger partial charge in [0.25, 0.3) is 0 Å². The third kappa shape index (κ3) is 4.11. The minimum Gasteiger partial charge on any atom is -0.338 e. The molecule has 1 saturated carbocycles. The SMILES string of the molecule is C[C@@H]1CCCN1CCc1ccc(-c2ccc3c(c2)CN(C(=O)C2CC2)CC3)cc1. The van der Waals surface area contributed by atoms with Crippen molar-refractivity contribution < 1.29 is 4.79 Å². The standard InChI is InChI=1S/C26H32N2O/c1-19-3-2-14-27(19)15-12-20-4-6-21(7-5-20)24-11-8-22-13-16-28(18-25(22)17-24)26(29)23-9-10-23/h4-8,11,17,19,23H,2-3,9-10,12-16,18H2,1H3/t19-/m1/s1. The highest BCUT2D eigenvalue weighted by Gasteiger charge is 2.34. The number of hydrogen-bond donors (Lipinski definition) is 0. The highest BCUT2D eigenvalue weighted by Crippen LogP contribution is 2.33. The smallest absolute Gasteiger partial charge is 0.225 e. The third-order valence-electron chi connectivity index (χ3n) is 7.12. The topological polar surface area (TPSA) is 23.6 Å². The second kappa shape index (κ2) is 7.95. The van der Waals surface area contributed by atoms with Crippen LogP contribution in [0.25, 0.3) is 11.1 Å². The average molecular weight is 389 g/mol. The summed E-state index contributed by atoms with van der Waals surface area (Å²) in [5.41, 5.74) is 6.70. The van der Waals surface area contributed by atoms with E-state index in [1.165, 1.54) is 53.7 Å². The van der Waals surface area contributed by atoms with E-state index in [0.29, 0.717) is 11.8 Å². The van der Waals surface area contributed by atoms with Crippen molar-refractivity contribution in [3.05, 3.63) is 59.2 Å². The van der Waals surface area contributed by atoms with Crippen molar-refractivity contribution in [2.45, 2.75) is 58.0 Å². The van der Waals surface area contributed by atoms with Gasteiger partial charge < -0.3 is 9.80 Å². The Kier molecular flexibility index (Phi) is 5.17. The van der Waals surface area contributed by atoms with Gasteiger partial charge in [-0.25, -0.2) is 0 Å². The molecule has 0 aromatic heterocycles. The zero-order valence-electron chi connectivity index (χ0n) is 17.6. The number of fused-ring (bicyclic) bond motifs is 1. The predicted molar refractivity (Wildman–Crippen MR) is 118 cm³/mol. The second-order valence-corrected chi connectivity index (χ2v) is 9.24. The molecule has 1 amide bonds. The highest BCUT2D eigenvalue weighted by molar-refractivity contribution is 5.81. The van der Waals surface area contributed by atoms with Crippen molar-refractivity contribution in [1.29, 1.82) is 0 Å². The molecule has 1 atom stereocenters. The predicted octanol–water partition coefficient (Wildman–Crippen LogP) is 4.68. The number of nitrogens with zero attached hydrogens (tertiary/aromatic N) is 2. The summed E-state index contributed by atoms with van der Waals surface area (Å²) in [4.78, 5) is 17.2. The van der Waals surface area contributed by atoms with Gasteiger partial charge in [0.2, 0.25) is 5.91 Å². The summed E-state index contributed by atoms with van der Waals surface area (Å²) in [6.45, 7) is 6.45. The van der Waals surface area contributed by atoms with E-state index < -0.39 is 0 Å². The number of carbonyl (C=O) groups is 1. The lowest BCUT2D eigenvalue weighted by Crippen LogP contribution is -2.36. The molecule has 1 aliphatic carbocycles. The summed E-state index contributed by atoms with van der Waals surface area (Å²) in [5, 5.41) is 0. The van der Waals surface area contributed by atoms with Crippen LogP contribution in [0.2, 0.25) is 0 Å². The Morgan fingerprint density at radius 3 is 2.48 bits per heavy atom. The molecule has 2 aromatic carbocycles. The van der Waals surface area contributed by atoms with Crippen LogP contribution in [0, 0.1) is 5.92 Å². The molecular weight excluding hydrogens is 356 g/mol. The number of carbonyl (C=O) groups excluding carboxylic acids is 1. The number of benzene rings is 2. The Morgan fingerprint density at radius 1 is 0.966 bits per heavy atom. The first-order valence-corrected chi connectivity index (χ1v) is 11.4. The van der Waals surface area contributed by atoms with E-state index in [1.807, 2.05) is 0 Å². The maximum Gasteiger partial charge on any atom is 0.225 e. The molecule has 3 heteroatoms. The fourth-order valence-corrected chi connectivity index (χ4v) is 4.97. The van der Waals surface area contributed by atoms with E-state index in [0.717, 1.165) is 44.8 Å². The van der Waals surface area contributed by atoms with Crippen LogP contribution in [0.1, 0.15) is 49.3 Å². The Bertz CT molecular complexity index is 884. The molecule has 0 radical (unpaired) electrons. The first kappa shape index (κ1) is 18.9. The number of amides is 1. The van der Waals surface area contributed by atoms with Crippen molar-refractivity contribution >= 4 is 5.91 Å². The van der Waals surface area contributed by atoms with Crippen LogP contribution in [0.15, 0.2) is 42.5 Å². The van der Waals surface area contributed by atoms with Gasteiger partial charge in [0.15, 0.2) is 0 Å². The van der Waals surface area contributed by atoms with Crippen molar-refractivity contribution in [3.63, 3.8) is 0 Å². The van der Waals surface area contributed by atoms with Gasteiger partial charge >= 0.3 is 0 Å². The van der Waals surface area contributed by atoms with E-state index in [-0.39, 0.29) is 0 Å². The van der Waals surface area contributed by atoms with E-state index in [1.54, 1.807) is 0 Å². The lowest BCUT2D eigenvalue weighted by atomic mass is 9.94. The monoisotopic (exact) mass is 388 g/mol. The molecule has 2 fully saturated rings. The van der Waals surface area contributed by atoms with Crippen LogP contribution in [0.5, 0.6) is 0 Å². The van der Waals surface area contributed by atoms with Crippen molar-refractivity contribution in [1.82, 2.24) is 9.80 Å². The molecule has 2 aromatic rings. The summed E-state index contributed by atoms with van der Waals surface area (Å²) in [7, 11) is 0. The van der Waals surface area contributed by atoms with Crippen LogP contribution >= 0.6 is 0 Å². The Balaban J connectivity index is 1.26. The minimum absolute atomic E-state index is 0.316. The molecule has 3 aliphatic rings. The number of likely N-dealkylation sites (tertiary alicyclic amines) is 1. The quantitative estimate of drug-likeness (QED) is 0.743. The van der Waals surface area contributed by atoms with Gasteiger partial charge in [0.1, 0.15) is 0 Å². The lowest BCUT2D eigenvalue weighted by Gasteiger charge is -2.29. The van der Waals surface area contributed by atoms with Gasteiger partial charge in [-0.2, -0.15) is 0 Å². The van der Waals surface area contributed by atoms with E-state index >= 15 is 0 Å². The normalized spacial score (nSPS) is 22.0. The number of hydrogen-bond acceptors (Lipinski definition) is 2. The molecule has 0 unspecified atom stereocenters. The second-order valence-electron chi connectivity index (χ2n) is 9.24. The number of rotatable bonds is 5. The molecule has 1 saturated heterocycles. The van der Waals surface area contributed by atoms with E-state index in [2.05, 4.69) is 59.2 Å². The van der Waals surface area contributed by atoms with Gasteiger partial charge in [0.05, 0.1) is 0 Å². The first-order chi connectivity index (χ1) is 14.2. The van der Waals surface area contributed by atoms with Gasteiger partial charge in [-0.15, -0.1) is 0 Å². The van der Waals surface area contributed by atoms with E-state index in [9.17, 15) is 4.79 Å². The summed E-state index contributed by atoms with van der Waals surface area (Å²) in [6, 6.07) is 16.7. The molecule has 0 N–H and O–H groups in total. The van der Waals surface area contributed by atoms with Gasteiger partial charge in [-0.3, -0.25) is 4.79 Å². The maximum absolute atomic E-state index is 12.5. The zero-order chi connectivity index (χ0) is 19.8.